The number of nitrogens with zero attached hydrogens (tertiary/aromatic N) is 1. The van der Waals surface area contributed by atoms with Crippen LogP contribution >= 0.6 is 11.6 Å². The van der Waals surface area contributed by atoms with Crippen molar-refractivity contribution in [3.8, 4) is 6.07 Å². The van der Waals surface area contributed by atoms with E-state index in [1.807, 2.05) is 31.2 Å². The van der Waals surface area contributed by atoms with E-state index >= 15 is 0 Å². The molecule has 0 radical (unpaired) electrons. The van der Waals surface area contributed by atoms with E-state index in [4.69, 9.17) is 16.9 Å². The van der Waals surface area contributed by atoms with Gasteiger partial charge in [-0.1, -0.05) is 17.7 Å². The monoisotopic (exact) mass is 313 g/mol. The number of halogens is 1. The van der Waals surface area contributed by atoms with Gasteiger partial charge in [0.15, 0.2) is 0 Å². The van der Waals surface area contributed by atoms with Crippen LogP contribution in [0, 0.1) is 18.3 Å². The van der Waals surface area contributed by atoms with Crippen LogP contribution in [-0.4, -0.2) is 12.5 Å². The number of carbonyl (C=O) groups is 1. The van der Waals surface area contributed by atoms with Gasteiger partial charge < -0.3 is 10.6 Å². The molecule has 1 amide bonds. The number of rotatable bonds is 5. The second kappa shape index (κ2) is 7.48. The summed E-state index contributed by atoms with van der Waals surface area (Å²) >= 11 is 5.90. The van der Waals surface area contributed by atoms with Crippen LogP contribution in [0.2, 0.25) is 5.02 Å². The largest absolute Gasteiger partial charge is 0.384 e. The molecule has 0 aliphatic carbocycles. The first-order valence-corrected chi connectivity index (χ1v) is 7.26. The lowest BCUT2D eigenvalue weighted by Crippen LogP contribution is -2.16. The molecule has 4 nitrogen and oxygen atoms in total. The molecule has 0 aliphatic rings. The highest BCUT2D eigenvalue weighted by Gasteiger charge is 2.04. The van der Waals surface area contributed by atoms with Crippen LogP contribution in [0.15, 0.2) is 42.5 Å². The number of nitrogens with one attached hydrogen (secondary N) is 2. The van der Waals surface area contributed by atoms with Gasteiger partial charge in [0.1, 0.15) is 0 Å². The molecule has 0 fully saturated rings. The molecule has 0 bridgehead atoms. The molecule has 2 aromatic rings. The SMILES string of the molecule is Cc1cc(Cl)ccc1NCCC(=O)Nc1cccc(C#N)c1. The standard InChI is InChI=1S/C17H16ClN3O/c1-12-9-14(18)5-6-16(12)20-8-7-17(22)21-15-4-2-3-13(10-15)11-19/h2-6,9-10,20H,7-8H2,1H3,(H,21,22). The van der Waals surface area contributed by atoms with E-state index in [0.717, 1.165) is 11.3 Å². The molecule has 0 unspecified atom stereocenters. The molecule has 2 aromatic carbocycles. The number of nitriles is 1. The summed E-state index contributed by atoms with van der Waals surface area (Å²) in [5, 5.41) is 15.5. The van der Waals surface area contributed by atoms with Crippen LogP contribution in [0.25, 0.3) is 0 Å². The lowest BCUT2D eigenvalue weighted by atomic mass is 10.2. The first kappa shape index (κ1) is 15.9. The summed E-state index contributed by atoms with van der Waals surface area (Å²) < 4.78 is 0. The third-order valence-corrected chi connectivity index (χ3v) is 3.37. The number of amides is 1. The highest BCUT2D eigenvalue weighted by Crippen LogP contribution is 2.19. The van der Waals surface area contributed by atoms with E-state index < -0.39 is 0 Å². The van der Waals surface area contributed by atoms with Crippen molar-refractivity contribution >= 4 is 28.9 Å². The average molecular weight is 314 g/mol. The Morgan fingerprint density at radius 2 is 2.09 bits per heavy atom. The van der Waals surface area contributed by atoms with Crippen LogP contribution in [0.1, 0.15) is 17.5 Å². The van der Waals surface area contributed by atoms with Crippen molar-refractivity contribution in [2.24, 2.45) is 0 Å². The van der Waals surface area contributed by atoms with Gasteiger partial charge >= 0.3 is 0 Å². The van der Waals surface area contributed by atoms with Crippen molar-refractivity contribution in [2.45, 2.75) is 13.3 Å². The lowest BCUT2D eigenvalue weighted by molar-refractivity contribution is -0.115. The van der Waals surface area contributed by atoms with Gasteiger partial charge in [0.2, 0.25) is 5.91 Å². The van der Waals surface area contributed by atoms with Crippen molar-refractivity contribution < 1.29 is 4.79 Å². The molecule has 0 atom stereocenters. The van der Waals surface area contributed by atoms with E-state index in [2.05, 4.69) is 10.6 Å². The second-order valence-corrected chi connectivity index (χ2v) is 5.31. The highest BCUT2D eigenvalue weighted by atomic mass is 35.5. The van der Waals surface area contributed by atoms with Crippen molar-refractivity contribution in [3.63, 3.8) is 0 Å². The zero-order valence-electron chi connectivity index (χ0n) is 12.2. The van der Waals surface area contributed by atoms with Crippen LogP contribution in [-0.2, 0) is 4.79 Å². The molecule has 0 spiro atoms. The Balaban J connectivity index is 1.84. The number of carbonyl (C=O) groups excluding carboxylic acids is 1. The van der Waals surface area contributed by atoms with Gasteiger partial charge in [-0.05, 0) is 48.9 Å². The molecule has 22 heavy (non-hydrogen) atoms. The summed E-state index contributed by atoms with van der Waals surface area (Å²) in [7, 11) is 0. The maximum absolute atomic E-state index is 11.9. The molecule has 2 rings (SSSR count). The van der Waals surface area contributed by atoms with Crippen LogP contribution in [0.5, 0.6) is 0 Å². The fourth-order valence-corrected chi connectivity index (χ4v) is 2.25. The third kappa shape index (κ3) is 4.51. The maximum Gasteiger partial charge on any atom is 0.226 e. The Morgan fingerprint density at radius 3 is 2.82 bits per heavy atom. The van der Waals surface area contributed by atoms with Crippen molar-refractivity contribution in [1.82, 2.24) is 0 Å². The average Bonchev–Trinajstić information content (AvgIpc) is 2.49. The normalized spacial score (nSPS) is 9.86. The zero-order chi connectivity index (χ0) is 15.9. The molecular formula is C17H16ClN3O. The van der Waals surface area contributed by atoms with Gasteiger partial charge in [0.05, 0.1) is 11.6 Å². The summed E-state index contributed by atoms with van der Waals surface area (Å²) in [4.78, 5) is 11.9. The topological polar surface area (TPSA) is 64.9 Å². The van der Waals surface area contributed by atoms with Gasteiger partial charge in [-0.25, -0.2) is 0 Å². The Labute approximate surface area is 134 Å². The minimum absolute atomic E-state index is 0.103. The van der Waals surface area contributed by atoms with E-state index in [0.29, 0.717) is 29.2 Å². The first-order valence-electron chi connectivity index (χ1n) is 6.88. The van der Waals surface area contributed by atoms with Gasteiger partial charge in [-0.2, -0.15) is 5.26 Å². The molecule has 2 N–H and O–H groups in total. The zero-order valence-corrected chi connectivity index (χ0v) is 12.9. The smallest absolute Gasteiger partial charge is 0.226 e. The predicted molar refractivity (Wildman–Crippen MR) is 89.1 cm³/mol. The third-order valence-electron chi connectivity index (χ3n) is 3.13. The van der Waals surface area contributed by atoms with Crippen molar-refractivity contribution in [3.05, 3.63) is 58.6 Å². The highest BCUT2D eigenvalue weighted by molar-refractivity contribution is 6.30. The Bertz CT molecular complexity index is 722. The van der Waals surface area contributed by atoms with Gasteiger partial charge in [0.25, 0.3) is 0 Å². The molecule has 112 valence electrons. The molecule has 0 heterocycles. The minimum Gasteiger partial charge on any atom is -0.384 e. The molecule has 5 heteroatoms. The summed E-state index contributed by atoms with van der Waals surface area (Å²) in [5.41, 5.74) is 3.15. The fourth-order valence-electron chi connectivity index (χ4n) is 2.03. The number of hydrogen-bond donors (Lipinski definition) is 2. The van der Waals surface area contributed by atoms with Crippen LogP contribution in [0.3, 0.4) is 0 Å². The van der Waals surface area contributed by atoms with Gasteiger partial charge in [0, 0.05) is 29.4 Å². The summed E-state index contributed by atoms with van der Waals surface area (Å²) in [6, 6.07) is 14.5. The molecule has 0 aliphatic heterocycles. The molecule has 0 aromatic heterocycles. The summed E-state index contributed by atoms with van der Waals surface area (Å²) in [6.45, 7) is 2.48. The second-order valence-electron chi connectivity index (χ2n) is 4.88. The quantitative estimate of drug-likeness (QED) is 0.878. The minimum atomic E-state index is -0.103. The van der Waals surface area contributed by atoms with E-state index in [9.17, 15) is 4.79 Å². The lowest BCUT2D eigenvalue weighted by Gasteiger charge is -2.10. The van der Waals surface area contributed by atoms with Crippen molar-refractivity contribution in [1.29, 1.82) is 5.26 Å². The van der Waals surface area contributed by atoms with E-state index in [-0.39, 0.29) is 5.91 Å². The molecule has 0 saturated carbocycles. The Morgan fingerprint density at radius 1 is 1.27 bits per heavy atom. The Kier molecular flexibility index (Phi) is 5.40. The summed E-state index contributed by atoms with van der Waals surface area (Å²) in [6.07, 6.45) is 0.332. The predicted octanol–water partition coefficient (Wildman–Crippen LogP) is 3.96. The number of benzene rings is 2. The van der Waals surface area contributed by atoms with Crippen LogP contribution in [0.4, 0.5) is 11.4 Å². The number of anilines is 2. The van der Waals surface area contributed by atoms with Gasteiger partial charge in [-0.15, -0.1) is 0 Å². The molecule has 0 saturated heterocycles. The Hall–Kier alpha value is -2.51. The van der Waals surface area contributed by atoms with Gasteiger partial charge in [-0.3, -0.25) is 4.79 Å². The van der Waals surface area contributed by atoms with E-state index in [1.54, 1.807) is 24.3 Å². The van der Waals surface area contributed by atoms with Crippen LogP contribution < -0.4 is 10.6 Å². The number of aryl methyl sites for hydroxylation is 1. The van der Waals surface area contributed by atoms with Crippen molar-refractivity contribution in [2.75, 3.05) is 17.2 Å². The molecular weight excluding hydrogens is 298 g/mol. The fraction of sp³-hybridized carbons (Fsp3) is 0.176. The summed E-state index contributed by atoms with van der Waals surface area (Å²) in [5.74, 6) is -0.103. The van der Waals surface area contributed by atoms with E-state index in [1.165, 1.54) is 0 Å². The maximum atomic E-state index is 11.9. The first-order chi connectivity index (χ1) is 10.6. The number of hydrogen-bond acceptors (Lipinski definition) is 3.